The van der Waals surface area contributed by atoms with Gasteiger partial charge in [0.05, 0.1) is 5.69 Å². The lowest BCUT2D eigenvalue weighted by atomic mass is 10.1. The fourth-order valence-electron chi connectivity index (χ4n) is 3.20. The number of nitrogens with zero attached hydrogens (tertiary/aromatic N) is 3. The molecule has 0 aliphatic carbocycles. The van der Waals surface area contributed by atoms with E-state index in [1.807, 2.05) is 31.2 Å². The smallest absolute Gasteiger partial charge is 0.304 e. The monoisotopic (exact) mass is 478 g/mol. The van der Waals surface area contributed by atoms with Crippen LogP contribution < -0.4 is 9.62 Å². The number of likely N-dealkylation sites (N-methyl/N-ethyl adjacent to an activating group) is 1. The molecule has 180 valence electrons. The highest BCUT2D eigenvalue weighted by Crippen LogP contribution is 2.21. The molecular formula is C23H31FN4O4S. The van der Waals surface area contributed by atoms with E-state index in [-0.39, 0.29) is 18.1 Å². The molecule has 10 heteroatoms. The van der Waals surface area contributed by atoms with Gasteiger partial charge in [-0.15, -0.1) is 0 Å². The summed E-state index contributed by atoms with van der Waals surface area (Å²) in [7, 11) is -1.38. The molecule has 2 rings (SSSR count). The number of halogens is 1. The predicted octanol–water partition coefficient (Wildman–Crippen LogP) is 2.30. The Kier molecular flexibility index (Phi) is 8.95. The summed E-state index contributed by atoms with van der Waals surface area (Å²) in [4.78, 5) is 27.4. The molecule has 0 radical (unpaired) electrons. The number of benzene rings is 2. The SMILES string of the molecule is CCNC(=O)C(C)N(Cc1ccccc1C)C(=O)CN(c1ccc(F)cc1)S(=O)(=O)N(C)C. The molecule has 0 aliphatic heterocycles. The molecule has 1 unspecified atom stereocenters. The zero-order chi connectivity index (χ0) is 24.8. The minimum Gasteiger partial charge on any atom is -0.355 e. The van der Waals surface area contributed by atoms with Crippen molar-refractivity contribution in [1.29, 1.82) is 0 Å². The second-order valence-electron chi connectivity index (χ2n) is 7.79. The third-order valence-corrected chi connectivity index (χ3v) is 7.07. The van der Waals surface area contributed by atoms with E-state index in [9.17, 15) is 22.4 Å². The number of carbonyl (C=O) groups excluding carboxylic acids is 2. The normalized spacial score (nSPS) is 12.3. The van der Waals surface area contributed by atoms with Crippen molar-refractivity contribution < 1.29 is 22.4 Å². The molecule has 0 heterocycles. The van der Waals surface area contributed by atoms with E-state index in [0.717, 1.165) is 31.9 Å². The van der Waals surface area contributed by atoms with Crippen molar-refractivity contribution in [2.24, 2.45) is 0 Å². The quantitative estimate of drug-likeness (QED) is 0.568. The summed E-state index contributed by atoms with van der Waals surface area (Å²) >= 11 is 0. The van der Waals surface area contributed by atoms with E-state index in [0.29, 0.717) is 6.54 Å². The second-order valence-corrected chi connectivity index (χ2v) is 9.86. The first kappa shape index (κ1) is 26.3. The average molecular weight is 479 g/mol. The first-order valence-electron chi connectivity index (χ1n) is 10.6. The number of anilines is 1. The van der Waals surface area contributed by atoms with Gasteiger partial charge in [-0.1, -0.05) is 24.3 Å². The molecule has 0 aromatic heterocycles. The Hall–Kier alpha value is -2.98. The van der Waals surface area contributed by atoms with Gasteiger partial charge in [-0.05, 0) is 56.2 Å². The third kappa shape index (κ3) is 6.52. The molecule has 0 saturated heterocycles. The van der Waals surface area contributed by atoms with Crippen LogP contribution in [-0.2, 0) is 26.3 Å². The fourth-order valence-corrected chi connectivity index (χ4v) is 4.26. The number of rotatable bonds is 10. The van der Waals surface area contributed by atoms with Gasteiger partial charge in [0.15, 0.2) is 0 Å². The summed E-state index contributed by atoms with van der Waals surface area (Å²) in [6.45, 7) is 5.25. The minimum atomic E-state index is -4.07. The number of carbonyl (C=O) groups is 2. The molecule has 2 aromatic carbocycles. The molecule has 2 aromatic rings. The molecule has 33 heavy (non-hydrogen) atoms. The highest BCUT2D eigenvalue weighted by atomic mass is 32.2. The Labute approximate surface area is 195 Å². The molecule has 0 bridgehead atoms. The molecule has 2 amide bonds. The maximum Gasteiger partial charge on any atom is 0.304 e. The van der Waals surface area contributed by atoms with E-state index in [4.69, 9.17) is 0 Å². The number of amides is 2. The van der Waals surface area contributed by atoms with Crippen molar-refractivity contribution in [2.45, 2.75) is 33.4 Å². The zero-order valence-corrected chi connectivity index (χ0v) is 20.4. The Morgan fingerprint density at radius 3 is 2.21 bits per heavy atom. The van der Waals surface area contributed by atoms with Gasteiger partial charge < -0.3 is 10.2 Å². The van der Waals surface area contributed by atoms with Crippen molar-refractivity contribution in [1.82, 2.24) is 14.5 Å². The Balaban J connectivity index is 2.45. The number of nitrogens with one attached hydrogen (secondary N) is 1. The van der Waals surface area contributed by atoms with Crippen molar-refractivity contribution in [3.63, 3.8) is 0 Å². The summed E-state index contributed by atoms with van der Waals surface area (Å²) < 4.78 is 41.3. The summed E-state index contributed by atoms with van der Waals surface area (Å²) in [5.41, 5.74) is 1.92. The van der Waals surface area contributed by atoms with Crippen LogP contribution in [0.4, 0.5) is 10.1 Å². The van der Waals surface area contributed by atoms with E-state index >= 15 is 0 Å². The summed E-state index contributed by atoms with van der Waals surface area (Å²) in [5, 5.41) is 2.71. The summed E-state index contributed by atoms with van der Waals surface area (Å²) in [5.74, 6) is -1.44. The van der Waals surface area contributed by atoms with Crippen molar-refractivity contribution in [3.05, 3.63) is 65.5 Å². The molecule has 1 N–H and O–H groups in total. The van der Waals surface area contributed by atoms with Crippen molar-refractivity contribution in [3.8, 4) is 0 Å². The van der Waals surface area contributed by atoms with Crippen LogP contribution in [0.2, 0.25) is 0 Å². The minimum absolute atomic E-state index is 0.128. The van der Waals surface area contributed by atoms with Gasteiger partial charge in [-0.25, -0.2) is 8.70 Å². The van der Waals surface area contributed by atoms with E-state index in [1.165, 1.54) is 31.1 Å². The van der Waals surface area contributed by atoms with Gasteiger partial charge in [0.25, 0.3) is 0 Å². The van der Waals surface area contributed by atoms with Crippen LogP contribution >= 0.6 is 0 Å². The standard InChI is InChI=1S/C23H31FN4O4S/c1-6-25-23(30)18(3)27(15-19-10-8-7-9-17(19)2)22(29)16-28(33(31,32)26(4)5)21-13-11-20(24)12-14-21/h7-14,18H,6,15-16H2,1-5H3,(H,25,30). The predicted molar refractivity (Wildman–Crippen MR) is 126 cm³/mol. The van der Waals surface area contributed by atoms with Crippen LogP contribution in [0.5, 0.6) is 0 Å². The van der Waals surface area contributed by atoms with Crippen LogP contribution in [0.25, 0.3) is 0 Å². The van der Waals surface area contributed by atoms with E-state index in [1.54, 1.807) is 13.8 Å². The maximum absolute atomic E-state index is 13.5. The molecule has 1 atom stereocenters. The molecule has 0 saturated carbocycles. The van der Waals surface area contributed by atoms with Gasteiger partial charge in [-0.2, -0.15) is 12.7 Å². The Morgan fingerprint density at radius 2 is 1.67 bits per heavy atom. The lowest BCUT2D eigenvalue weighted by molar-refractivity contribution is -0.139. The first-order chi connectivity index (χ1) is 15.5. The molecule has 0 fully saturated rings. The number of aryl methyl sites for hydroxylation is 1. The van der Waals surface area contributed by atoms with Crippen LogP contribution in [0.1, 0.15) is 25.0 Å². The topological polar surface area (TPSA) is 90.0 Å². The van der Waals surface area contributed by atoms with Crippen molar-refractivity contribution in [2.75, 3.05) is 31.5 Å². The van der Waals surface area contributed by atoms with Crippen LogP contribution in [0.15, 0.2) is 48.5 Å². The summed E-state index contributed by atoms with van der Waals surface area (Å²) in [6, 6.07) is 11.5. The molecule has 0 spiro atoms. The lowest BCUT2D eigenvalue weighted by Gasteiger charge is -2.33. The highest BCUT2D eigenvalue weighted by Gasteiger charge is 2.32. The lowest BCUT2D eigenvalue weighted by Crippen LogP contribution is -2.52. The average Bonchev–Trinajstić information content (AvgIpc) is 2.77. The molecule has 8 nitrogen and oxygen atoms in total. The summed E-state index contributed by atoms with van der Waals surface area (Å²) in [6.07, 6.45) is 0. The maximum atomic E-state index is 13.5. The third-order valence-electron chi connectivity index (χ3n) is 5.25. The highest BCUT2D eigenvalue weighted by molar-refractivity contribution is 7.90. The second kappa shape index (κ2) is 11.2. The van der Waals surface area contributed by atoms with Gasteiger partial charge >= 0.3 is 10.2 Å². The van der Waals surface area contributed by atoms with Crippen LogP contribution in [-0.4, -0.2) is 62.7 Å². The van der Waals surface area contributed by atoms with Gasteiger partial charge in [0.1, 0.15) is 18.4 Å². The largest absolute Gasteiger partial charge is 0.355 e. The number of hydrogen-bond acceptors (Lipinski definition) is 4. The number of hydrogen-bond donors (Lipinski definition) is 1. The van der Waals surface area contributed by atoms with Gasteiger partial charge in [0.2, 0.25) is 11.8 Å². The van der Waals surface area contributed by atoms with Gasteiger partial charge in [-0.3, -0.25) is 9.59 Å². The molecular weight excluding hydrogens is 447 g/mol. The van der Waals surface area contributed by atoms with Gasteiger partial charge in [0, 0.05) is 27.2 Å². The van der Waals surface area contributed by atoms with E-state index in [2.05, 4.69) is 5.32 Å². The first-order valence-corrected chi connectivity index (χ1v) is 12.0. The van der Waals surface area contributed by atoms with Crippen LogP contribution in [0.3, 0.4) is 0 Å². The molecule has 0 aliphatic rings. The Morgan fingerprint density at radius 1 is 1.06 bits per heavy atom. The van der Waals surface area contributed by atoms with Crippen LogP contribution in [0, 0.1) is 12.7 Å². The zero-order valence-electron chi connectivity index (χ0n) is 19.6. The fraction of sp³-hybridized carbons (Fsp3) is 0.391. The Bertz CT molecular complexity index is 1070. The van der Waals surface area contributed by atoms with E-state index < -0.39 is 34.5 Å². The van der Waals surface area contributed by atoms with Crippen molar-refractivity contribution >= 4 is 27.7 Å².